The van der Waals surface area contributed by atoms with E-state index in [1.54, 1.807) is 6.07 Å². The minimum Gasteiger partial charge on any atom is -0.381 e. The van der Waals surface area contributed by atoms with Gasteiger partial charge >= 0.3 is 0 Å². The van der Waals surface area contributed by atoms with E-state index in [2.05, 4.69) is 29.0 Å². The zero-order valence-electron chi connectivity index (χ0n) is 10.3. The average Bonchev–Trinajstić information content (AvgIpc) is 2.93. The number of imidazole rings is 1. The fraction of sp³-hybridized carbons (Fsp3) is 0.231. The van der Waals surface area contributed by atoms with Gasteiger partial charge in [0.25, 0.3) is 0 Å². The molecule has 0 atom stereocenters. The maximum atomic E-state index is 5.55. The van der Waals surface area contributed by atoms with Crippen molar-refractivity contribution in [2.24, 2.45) is 0 Å². The second-order valence-electron chi connectivity index (χ2n) is 4.62. The van der Waals surface area contributed by atoms with Crippen molar-refractivity contribution in [1.29, 1.82) is 0 Å². The van der Waals surface area contributed by atoms with Gasteiger partial charge in [0.15, 0.2) is 11.6 Å². The van der Waals surface area contributed by atoms with Crippen molar-refractivity contribution in [2.75, 3.05) is 5.73 Å². The highest BCUT2D eigenvalue weighted by molar-refractivity contribution is 5.81. The van der Waals surface area contributed by atoms with E-state index in [-0.39, 0.29) is 0 Å². The van der Waals surface area contributed by atoms with Crippen LogP contribution in [0.4, 0.5) is 5.82 Å². The van der Waals surface area contributed by atoms with Gasteiger partial charge in [0, 0.05) is 17.5 Å². The molecule has 3 N–H and O–H groups in total. The minimum absolute atomic E-state index is 0.377. The number of nitrogens with zero attached hydrogens (tertiary/aromatic N) is 2. The van der Waals surface area contributed by atoms with Crippen LogP contribution in [0.5, 0.6) is 0 Å². The van der Waals surface area contributed by atoms with Crippen molar-refractivity contribution in [3.63, 3.8) is 0 Å². The first-order valence-electron chi connectivity index (χ1n) is 5.85. The molecule has 3 aromatic rings. The smallest absolute Gasteiger partial charge is 0.169 e. The zero-order valence-corrected chi connectivity index (χ0v) is 10.3. The van der Waals surface area contributed by atoms with E-state index in [0.29, 0.717) is 17.5 Å². The van der Waals surface area contributed by atoms with Gasteiger partial charge in [-0.1, -0.05) is 19.0 Å². The third kappa shape index (κ3) is 1.73. The summed E-state index contributed by atoms with van der Waals surface area (Å²) >= 11 is 0. The van der Waals surface area contributed by atoms with E-state index < -0.39 is 0 Å². The summed E-state index contributed by atoms with van der Waals surface area (Å²) in [6.07, 6.45) is 0. The van der Waals surface area contributed by atoms with Crippen LogP contribution in [-0.4, -0.2) is 15.1 Å². The van der Waals surface area contributed by atoms with Crippen LogP contribution in [0, 0.1) is 0 Å². The number of aromatic nitrogens is 3. The topological polar surface area (TPSA) is 80.7 Å². The van der Waals surface area contributed by atoms with Gasteiger partial charge in [0.1, 0.15) is 5.82 Å². The normalized spacial score (nSPS) is 11.5. The monoisotopic (exact) mass is 242 g/mol. The molecule has 0 amide bonds. The molecule has 0 radical (unpaired) electrons. The minimum atomic E-state index is 0.377. The second kappa shape index (κ2) is 3.87. The molecule has 5 nitrogen and oxygen atoms in total. The van der Waals surface area contributed by atoms with Gasteiger partial charge in [0.2, 0.25) is 0 Å². The largest absolute Gasteiger partial charge is 0.381 e. The Morgan fingerprint density at radius 1 is 1.28 bits per heavy atom. The Bertz CT molecular complexity index is 696. The van der Waals surface area contributed by atoms with Crippen molar-refractivity contribution in [3.05, 3.63) is 30.1 Å². The van der Waals surface area contributed by atoms with E-state index in [4.69, 9.17) is 10.3 Å². The number of hydrogen-bond donors (Lipinski definition) is 2. The fourth-order valence-electron chi connectivity index (χ4n) is 1.88. The SMILES string of the molecule is CC(C)c1nc2ccc(-c3cc(N)no3)cc2[nH]1. The lowest BCUT2D eigenvalue weighted by Crippen LogP contribution is -1.88. The Morgan fingerprint density at radius 3 is 2.78 bits per heavy atom. The lowest BCUT2D eigenvalue weighted by atomic mass is 10.1. The lowest BCUT2D eigenvalue weighted by Gasteiger charge is -1.96. The lowest BCUT2D eigenvalue weighted by molar-refractivity contribution is 0.436. The van der Waals surface area contributed by atoms with Gasteiger partial charge in [-0.2, -0.15) is 0 Å². The number of nitrogens with one attached hydrogen (secondary N) is 1. The molecule has 0 aliphatic carbocycles. The van der Waals surface area contributed by atoms with Crippen molar-refractivity contribution in [2.45, 2.75) is 19.8 Å². The van der Waals surface area contributed by atoms with Crippen LogP contribution >= 0.6 is 0 Å². The Morgan fingerprint density at radius 2 is 2.11 bits per heavy atom. The van der Waals surface area contributed by atoms with Crippen LogP contribution in [0.2, 0.25) is 0 Å². The van der Waals surface area contributed by atoms with Gasteiger partial charge in [0.05, 0.1) is 11.0 Å². The van der Waals surface area contributed by atoms with Crippen molar-refractivity contribution in [1.82, 2.24) is 15.1 Å². The molecule has 0 saturated heterocycles. The molecule has 0 fully saturated rings. The number of anilines is 1. The van der Waals surface area contributed by atoms with E-state index in [0.717, 1.165) is 22.4 Å². The number of nitrogen functional groups attached to an aromatic ring is 1. The standard InChI is InChI=1S/C13H14N4O/c1-7(2)13-15-9-4-3-8(5-10(9)16-13)11-6-12(14)17-18-11/h3-7H,1-2H3,(H2,14,17)(H,15,16). The number of benzene rings is 1. The third-order valence-corrected chi connectivity index (χ3v) is 2.86. The van der Waals surface area contributed by atoms with Crippen LogP contribution in [0.25, 0.3) is 22.4 Å². The molecule has 0 aliphatic heterocycles. The summed E-state index contributed by atoms with van der Waals surface area (Å²) in [4.78, 5) is 7.83. The molecule has 0 unspecified atom stereocenters. The summed E-state index contributed by atoms with van der Waals surface area (Å²) in [6.45, 7) is 4.21. The van der Waals surface area contributed by atoms with E-state index >= 15 is 0 Å². The number of nitrogens with two attached hydrogens (primary N) is 1. The molecule has 2 aromatic heterocycles. The highest BCUT2D eigenvalue weighted by atomic mass is 16.5. The van der Waals surface area contributed by atoms with E-state index in [1.165, 1.54) is 0 Å². The maximum absolute atomic E-state index is 5.55. The molecule has 3 rings (SSSR count). The maximum Gasteiger partial charge on any atom is 0.169 e. The molecule has 92 valence electrons. The highest BCUT2D eigenvalue weighted by Crippen LogP contribution is 2.25. The van der Waals surface area contributed by atoms with Crippen LogP contribution in [0.3, 0.4) is 0 Å². The van der Waals surface area contributed by atoms with Crippen molar-refractivity contribution >= 4 is 16.9 Å². The number of aromatic amines is 1. The fourth-order valence-corrected chi connectivity index (χ4v) is 1.88. The van der Waals surface area contributed by atoms with Crippen LogP contribution in [-0.2, 0) is 0 Å². The first-order chi connectivity index (χ1) is 8.63. The van der Waals surface area contributed by atoms with E-state index in [9.17, 15) is 0 Å². The molecule has 18 heavy (non-hydrogen) atoms. The summed E-state index contributed by atoms with van der Waals surface area (Å²) in [7, 11) is 0. The number of fused-ring (bicyclic) bond motifs is 1. The van der Waals surface area contributed by atoms with Gasteiger partial charge in [-0.25, -0.2) is 4.98 Å². The van der Waals surface area contributed by atoms with Gasteiger partial charge in [-0.15, -0.1) is 0 Å². The number of rotatable bonds is 2. The summed E-state index contributed by atoms with van der Waals surface area (Å²) < 4.78 is 5.14. The Hall–Kier alpha value is -2.30. The van der Waals surface area contributed by atoms with Gasteiger partial charge in [-0.3, -0.25) is 0 Å². The summed E-state index contributed by atoms with van der Waals surface area (Å²) in [5, 5.41) is 3.68. The molecule has 5 heteroatoms. The Labute approximate surface area is 104 Å². The summed E-state index contributed by atoms with van der Waals surface area (Å²) in [6, 6.07) is 7.62. The highest BCUT2D eigenvalue weighted by Gasteiger charge is 2.09. The van der Waals surface area contributed by atoms with Gasteiger partial charge in [-0.05, 0) is 18.2 Å². The first kappa shape index (κ1) is 10.8. The first-order valence-corrected chi connectivity index (χ1v) is 5.85. The zero-order chi connectivity index (χ0) is 12.7. The Balaban J connectivity index is 2.10. The van der Waals surface area contributed by atoms with Crippen LogP contribution < -0.4 is 5.73 Å². The summed E-state index contributed by atoms with van der Waals surface area (Å²) in [5.74, 6) is 2.41. The molecule has 1 aromatic carbocycles. The van der Waals surface area contributed by atoms with Crippen molar-refractivity contribution < 1.29 is 4.52 Å². The number of hydrogen-bond acceptors (Lipinski definition) is 4. The molecular weight excluding hydrogens is 228 g/mol. The second-order valence-corrected chi connectivity index (χ2v) is 4.62. The van der Waals surface area contributed by atoms with Crippen molar-refractivity contribution in [3.8, 4) is 11.3 Å². The van der Waals surface area contributed by atoms with E-state index in [1.807, 2.05) is 18.2 Å². The Kier molecular flexibility index (Phi) is 2.33. The predicted molar refractivity (Wildman–Crippen MR) is 70.1 cm³/mol. The molecule has 0 bridgehead atoms. The predicted octanol–water partition coefficient (Wildman–Crippen LogP) is 2.92. The van der Waals surface area contributed by atoms with Gasteiger partial charge < -0.3 is 15.2 Å². The molecule has 2 heterocycles. The molecule has 0 aliphatic rings. The molecular formula is C13H14N4O. The van der Waals surface area contributed by atoms with Crippen LogP contribution in [0.1, 0.15) is 25.6 Å². The van der Waals surface area contributed by atoms with Crippen LogP contribution in [0.15, 0.2) is 28.8 Å². The molecule has 0 spiro atoms. The summed E-state index contributed by atoms with van der Waals surface area (Å²) in [5.41, 5.74) is 8.43. The number of H-pyrrole nitrogens is 1. The molecule has 0 saturated carbocycles. The third-order valence-electron chi connectivity index (χ3n) is 2.86. The average molecular weight is 242 g/mol. The quantitative estimate of drug-likeness (QED) is 0.724.